The van der Waals surface area contributed by atoms with Crippen LogP contribution in [-0.2, 0) is 11.3 Å². The number of ether oxygens (including phenoxy) is 1. The molecular weight excluding hydrogens is 328 g/mol. The highest BCUT2D eigenvalue weighted by Gasteiger charge is 2.14. The third-order valence-corrected chi connectivity index (χ3v) is 3.98. The van der Waals surface area contributed by atoms with Crippen LogP contribution in [0.25, 0.3) is 0 Å². The first-order chi connectivity index (χ1) is 11.7. The van der Waals surface area contributed by atoms with Gasteiger partial charge >= 0.3 is 5.97 Å². The fourth-order valence-electron chi connectivity index (χ4n) is 2.08. The zero-order valence-electron chi connectivity index (χ0n) is 12.8. The van der Waals surface area contributed by atoms with Crippen molar-refractivity contribution in [3.63, 3.8) is 0 Å². The number of hydrogen-bond acceptors (Lipinski definition) is 6. The van der Waals surface area contributed by atoms with E-state index in [0.29, 0.717) is 12.4 Å². The molecule has 0 saturated heterocycles. The van der Waals surface area contributed by atoms with E-state index >= 15 is 0 Å². The monoisotopic (exact) mass is 342 g/mol. The molecule has 3 aromatic heterocycles. The standard InChI is InChI=1S/C16H14N4O3S/c1-23-16(22)13-4-2-3-12(18-13)15(21)19-14-5-7-17-20(14)9-11-6-8-24-10-11/h2-8,10H,9H2,1H3,(H,19,21). The molecule has 0 aromatic carbocycles. The summed E-state index contributed by atoms with van der Waals surface area (Å²) < 4.78 is 6.29. The van der Waals surface area contributed by atoms with Crippen molar-refractivity contribution < 1.29 is 14.3 Å². The highest BCUT2D eigenvalue weighted by atomic mass is 32.1. The molecule has 24 heavy (non-hydrogen) atoms. The number of amides is 1. The molecule has 0 fully saturated rings. The number of nitrogens with one attached hydrogen (secondary N) is 1. The van der Waals surface area contributed by atoms with Crippen molar-refractivity contribution in [2.75, 3.05) is 12.4 Å². The van der Waals surface area contributed by atoms with Crippen LogP contribution in [-0.4, -0.2) is 33.8 Å². The molecule has 1 amide bonds. The first-order valence-corrected chi connectivity index (χ1v) is 8.01. The van der Waals surface area contributed by atoms with E-state index in [-0.39, 0.29) is 11.4 Å². The number of methoxy groups -OCH3 is 1. The van der Waals surface area contributed by atoms with Gasteiger partial charge < -0.3 is 10.1 Å². The lowest BCUT2D eigenvalue weighted by molar-refractivity contribution is 0.0594. The molecule has 0 saturated carbocycles. The van der Waals surface area contributed by atoms with Gasteiger partial charge in [0.25, 0.3) is 5.91 Å². The Balaban J connectivity index is 1.76. The minimum atomic E-state index is -0.591. The number of rotatable bonds is 5. The molecular formula is C16H14N4O3S. The lowest BCUT2D eigenvalue weighted by atomic mass is 10.3. The molecule has 0 aliphatic rings. The van der Waals surface area contributed by atoms with E-state index in [9.17, 15) is 9.59 Å². The van der Waals surface area contributed by atoms with Gasteiger partial charge in [0.2, 0.25) is 0 Å². The van der Waals surface area contributed by atoms with Crippen LogP contribution in [0.5, 0.6) is 0 Å². The fourth-order valence-corrected chi connectivity index (χ4v) is 2.74. The number of hydrogen-bond donors (Lipinski definition) is 1. The quantitative estimate of drug-likeness (QED) is 0.720. The number of aromatic nitrogens is 3. The number of thiophene rings is 1. The Hall–Kier alpha value is -3.00. The molecule has 0 radical (unpaired) electrons. The van der Waals surface area contributed by atoms with Gasteiger partial charge in [-0.3, -0.25) is 4.79 Å². The average molecular weight is 342 g/mol. The molecule has 0 bridgehead atoms. The molecule has 1 N–H and O–H groups in total. The van der Waals surface area contributed by atoms with E-state index in [1.54, 1.807) is 34.3 Å². The minimum Gasteiger partial charge on any atom is -0.464 e. The zero-order valence-corrected chi connectivity index (χ0v) is 13.6. The molecule has 0 aliphatic carbocycles. The smallest absolute Gasteiger partial charge is 0.356 e. The maximum atomic E-state index is 12.4. The molecule has 3 heterocycles. The van der Waals surface area contributed by atoms with Crippen LogP contribution < -0.4 is 5.32 Å². The van der Waals surface area contributed by atoms with Gasteiger partial charge in [-0.1, -0.05) is 6.07 Å². The van der Waals surface area contributed by atoms with Crippen LogP contribution >= 0.6 is 11.3 Å². The van der Waals surface area contributed by atoms with E-state index in [1.165, 1.54) is 19.2 Å². The molecule has 122 valence electrons. The molecule has 8 heteroatoms. The van der Waals surface area contributed by atoms with Gasteiger partial charge in [0.05, 0.1) is 19.9 Å². The van der Waals surface area contributed by atoms with Gasteiger partial charge in [0.1, 0.15) is 17.2 Å². The lowest BCUT2D eigenvalue weighted by Gasteiger charge is -2.08. The summed E-state index contributed by atoms with van der Waals surface area (Å²) in [6.45, 7) is 0.557. The van der Waals surface area contributed by atoms with E-state index in [1.807, 2.05) is 16.8 Å². The van der Waals surface area contributed by atoms with Crippen LogP contribution in [0.4, 0.5) is 5.82 Å². The van der Waals surface area contributed by atoms with Crippen LogP contribution in [0.2, 0.25) is 0 Å². The highest BCUT2D eigenvalue weighted by Crippen LogP contribution is 2.13. The Morgan fingerprint density at radius 3 is 2.83 bits per heavy atom. The van der Waals surface area contributed by atoms with Crippen molar-refractivity contribution in [3.05, 3.63) is 64.2 Å². The summed E-state index contributed by atoms with van der Waals surface area (Å²) in [5.41, 5.74) is 1.31. The fraction of sp³-hybridized carbons (Fsp3) is 0.125. The molecule has 3 rings (SSSR count). The summed E-state index contributed by atoms with van der Waals surface area (Å²) in [7, 11) is 1.26. The summed E-state index contributed by atoms with van der Waals surface area (Å²) in [5, 5.41) is 11.0. The number of carbonyl (C=O) groups is 2. The third-order valence-electron chi connectivity index (χ3n) is 3.25. The average Bonchev–Trinajstić information content (AvgIpc) is 3.27. The Kier molecular flexibility index (Phi) is 4.66. The van der Waals surface area contributed by atoms with E-state index < -0.39 is 11.9 Å². The van der Waals surface area contributed by atoms with Gasteiger partial charge in [0, 0.05) is 6.07 Å². The minimum absolute atomic E-state index is 0.0805. The molecule has 3 aromatic rings. The van der Waals surface area contributed by atoms with E-state index in [2.05, 4.69) is 20.1 Å². The zero-order chi connectivity index (χ0) is 16.9. The predicted molar refractivity (Wildman–Crippen MR) is 89.2 cm³/mol. The molecule has 0 aliphatic heterocycles. The topological polar surface area (TPSA) is 86.1 Å². The maximum Gasteiger partial charge on any atom is 0.356 e. The Labute approximate surface area is 141 Å². The Morgan fingerprint density at radius 1 is 1.25 bits per heavy atom. The summed E-state index contributed by atoms with van der Waals surface area (Å²) in [4.78, 5) is 27.9. The Bertz CT molecular complexity index is 858. The van der Waals surface area contributed by atoms with E-state index in [0.717, 1.165) is 5.56 Å². The summed E-state index contributed by atoms with van der Waals surface area (Å²) in [6, 6.07) is 8.30. The van der Waals surface area contributed by atoms with E-state index in [4.69, 9.17) is 0 Å². The molecule has 7 nitrogen and oxygen atoms in total. The van der Waals surface area contributed by atoms with Gasteiger partial charge in [0.15, 0.2) is 0 Å². The Morgan fingerprint density at radius 2 is 2.08 bits per heavy atom. The second kappa shape index (κ2) is 7.05. The number of anilines is 1. The van der Waals surface area contributed by atoms with Crippen molar-refractivity contribution in [1.82, 2.24) is 14.8 Å². The predicted octanol–water partition coefficient (Wildman–Crippen LogP) is 2.43. The summed E-state index contributed by atoms with van der Waals surface area (Å²) in [6.07, 6.45) is 1.61. The molecule has 0 unspecified atom stereocenters. The van der Waals surface area contributed by atoms with Crippen LogP contribution in [0, 0.1) is 0 Å². The third kappa shape index (κ3) is 3.49. The largest absolute Gasteiger partial charge is 0.464 e. The van der Waals surface area contributed by atoms with Crippen molar-refractivity contribution in [2.45, 2.75) is 6.54 Å². The van der Waals surface area contributed by atoms with Crippen molar-refractivity contribution >= 4 is 29.0 Å². The van der Waals surface area contributed by atoms with Gasteiger partial charge in [-0.15, -0.1) is 0 Å². The van der Waals surface area contributed by atoms with Crippen molar-refractivity contribution in [3.8, 4) is 0 Å². The van der Waals surface area contributed by atoms with Crippen molar-refractivity contribution in [1.29, 1.82) is 0 Å². The summed E-state index contributed by atoms with van der Waals surface area (Å²) >= 11 is 1.60. The number of carbonyl (C=O) groups excluding carboxylic acids is 2. The van der Waals surface area contributed by atoms with Crippen LogP contribution in [0.1, 0.15) is 26.5 Å². The maximum absolute atomic E-state index is 12.4. The molecule has 0 spiro atoms. The SMILES string of the molecule is COC(=O)c1cccc(C(=O)Nc2ccnn2Cc2ccsc2)n1. The second-order valence-electron chi connectivity index (χ2n) is 4.86. The number of pyridine rings is 1. The molecule has 0 atom stereocenters. The van der Waals surface area contributed by atoms with Crippen LogP contribution in [0.3, 0.4) is 0 Å². The second-order valence-corrected chi connectivity index (χ2v) is 5.64. The highest BCUT2D eigenvalue weighted by molar-refractivity contribution is 7.07. The van der Waals surface area contributed by atoms with Gasteiger partial charge in [-0.2, -0.15) is 16.4 Å². The van der Waals surface area contributed by atoms with Gasteiger partial charge in [-0.05, 0) is 34.5 Å². The van der Waals surface area contributed by atoms with Crippen molar-refractivity contribution in [2.24, 2.45) is 0 Å². The van der Waals surface area contributed by atoms with Gasteiger partial charge in [-0.25, -0.2) is 14.5 Å². The number of nitrogens with zero attached hydrogens (tertiary/aromatic N) is 3. The summed E-state index contributed by atoms with van der Waals surface area (Å²) in [5.74, 6) is -0.462. The lowest BCUT2D eigenvalue weighted by Crippen LogP contribution is -2.18. The first kappa shape index (κ1) is 15.9. The van der Waals surface area contributed by atoms with Crippen LogP contribution in [0.15, 0.2) is 47.3 Å². The first-order valence-electron chi connectivity index (χ1n) is 7.07. The normalized spacial score (nSPS) is 10.4. The number of esters is 1.